The number of amides is 1. The molecule has 2 aromatic carbocycles. The summed E-state index contributed by atoms with van der Waals surface area (Å²) in [5.74, 6) is 0.908. The number of rotatable bonds is 9. The Morgan fingerprint density at radius 2 is 1.97 bits per heavy atom. The number of aromatic nitrogens is 3. The summed E-state index contributed by atoms with van der Waals surface area (Å²) in [5.41, 5.74) is 0.736. The van der Waals surface area contributed by atoms with Gasteiger partial charge >= 0.3 is 0 Å². The SMILES string of the molecule is O=C(CCCSc1ccc(Cl)cc1)N(CCn1cccn1)c1nc2c(Cl)cccc2s1. The van der Waals surface area contributed by atoms with Gasteiger partial charge in [0.15, 0.2) is 5.13 Å². The Bertz CT molecular complexity index is 1150. The van der Waals surface area contributed by atoms with Crippen molar-refractivity contribution >= 4 is 67.6 Å². The third-order valence-corrected chi connectivity index (χ3v) is 7.32. The summed E-state index contributed by atoms with van der Waals surface area (Å²) in [6.07, 6.45) is 4.84. The smallest absolute Gasteiger partial charge is 0.228 e. The molecule has 160 valence electrons. The van der Waals surface area contributed by atoms with E-state index in [9.17, 15) is 4.79 Å². The Balaban J connectivity index is 1.42. The van der Waals surface area contributed by atoms with E-state index in [1.807, 2.05) is 59.4 Å². The standard InChI is InChI=1S/C22H20Cl2N4OS2/c23-16-7-9-17(10-8-16)30-15-2-6-20(29)28(14-13-27-12-3-11-25-27)22-26-21-18(24)4-1-5-19(21)31-22/h1,3-5,7-12H,2,6,13-15H2. The summed E-state index contributed by atoms with van der Waals surface area (Å²) in [6, 6.07) is 15.3. The zero-order valence-electron chi connectivity index (χ0n) is 16.6. The third kappa shape index (κ3) is 5.80. The lowest BCUT2D eigenvalue weighted by Gasteiger charge is -2.20. The second kappa shape index (κ2) is 10.5. The number of benzene rings is 2. The molecule has 0 radical (unpaired) electrons. The zero-order chi connectivity index (χ0) is 21.6. The molecular formula is C22H20Cl2N4OS2. The fourth-order valence-electron chi connectivity index (χ4n) is 3.06. The van der Waals surface area contributed by atoms with Gasteiger partial charge in [-0.25, -0.2) is 4.98 Å². The van der Waals surface area contributed by atoms with Gasteiger partial charge in [0.1, 0.15) is 5.52 Å². The number of thioether (sulfide) groups is 1. The number of hydrogen-bond acceptors (Lipinski definition) is 5. The first kappa shape index (κ1) is 22.1. The van der Waals surface area contributed by atoms with Gasteiger partial charge in [-0.3, -0.25) is 14.4 Å². The minimum atomic E-state index is 0.0547. The van der Waals surface area contributed by atoms with Gasteiger partial charge < -0.3 is 0 Å². The number of fused-ring (bicyclic) bond motifs is 1. The number of carbonyl (C=O) groups is 1. The molecule has 2 heterocycles. The number of anilines is 1. The van der Waals surface area contributed by atoms with Crippen LogP contribution in [0.3, 0.4) is 0 Å². The van der Waals surface area contributed by atoms with Gasteiger partial charge in [-0.05, 0) is 54.6 Å². The van der Waals surface area contributed by atoms with Crippen molar-refractivity contribution in [3.8, 4) is 0 Å². The van der Waals surface area contributed by atoms with Crippen molar-refractivity contribution in [3.63, 3.8) is 0 Å². The molecule has 5 nitrogen and oxygen atoms in total. The average Bonchev–Trinajstić information content (AvgIpc) is 3.43. The maximum Gasteiger partial charge on any atom is 0.228 e. The Morgan fingerprint density at radius 1 is 1.13 bits per heavy atom. The topological polar surface area (TPSA) is 51.0 Å². The molecule has 0 unspecified atom stereocenters. The van der Waals surface area contributed by atoms with Crippen LogP contribution in [0.4, 0.5) is 5.13 Å². The summed E-state index contributed by atoms with van der Waals surface area (Å²) < 4.78 is 2.79. The summed E-state index contributed by atoms with van der Waals surface area (Å²) in [5, 5.41) is 6.23. The highest BCUT2D eigenvalue weighted by Gasteiger charge is 2.20. The molecule has 0 aliphatic rings. The average molecular weight is 491 g/mol. The first-order valence-electron chi connectivity index (χ1n) is 9.81. The van der Waals surface area contributed by atoms with Gasteiger partial charge in [-0.15, -0.1) is 11.8 Å². The number of nitrogens with zero attached hydrogens (tertiary/aromatic N) is 4. The predicted molar refractivity (Wildman–Crippen MR) is 131 cm³/mol. The van der Waals surface area contributed by atoms with Crippen molar-refractivity contribution in [3.05, 3.63) is 71.0 Å². The van der Waals surface area contributed by atoms with E-state index >= 15 is 0 Å². The highest BCUT2D eigenvalue weighted by atomic mass is 35.5. The number of thiazole rings is 1. The summed E-state index contributed by atoms with van der Waals surface area (Å²) in [6.45, 7) is 1.10. The van der Waals surface area contributed by atoms with Crippen LogP contribution in [0, 0.1) is 0 Å². The molecule has 0 atom stereocenters. The fourth-order valence-corrected chi connectivity index (χ4v) is 5.35. The molecule has 2 aromatic heterocycles. The van der Waals surface area contributed by atoms with E-state index in [1.165, 1.54) is 11.3 Å². The molecule has 4 rings (SSSR count). The highest BCUT2D eigenvalue weighted by Crippen LogP contribution is 2.33. The number of para-hydroxylation sites is 1. The lowest BCUT2D eigenvalue weighted by Crippen LogP contribution is -2.34. The van der Waals surface area contributed by atoms with E-state index in [-0.39, 0.29) is 5.91 Å². The summed E-state index contributed by atoms with van der Waals surface area (Å²) in [4.78, 5) is 20.7. The number of halogens is 2. The molecule has 0 aliphatic carbocycles. The van der Waals surface area contributed by atoms with Crippen molar-refractivity contribution in [2.24, 2.45) is 0 Å². The molecule has 0 fully saturated rings. The first-order valence-corrected chi connectivity index (χ1v) is 12.4. The Labute approximate surface area is 199 Å². The van der Waals surface area contributed by atoms with Crippen molar-refractivity contribution < 1.29 is 4.79 Å². The van der Waals surface area contributed by atoms with Gasteiger partial charge in [0.25, 0.3) is 0 Å². The van der Waals surface area contributed by atoms with E-state index in [4.69, 9.17) is 23.2 Å². The fraction of sp³-hybridized carbons (Fsp3) is 0.227. The van der Waals surface area contributed by atoms with Crippen molar-refractivity contribution in [1.29, 1.82) is 0 Å². The summed E-state index contributed by atoms with van der Waals surface area (Å²) >= 11 is 15.4. The van der Waals surface area contributed by atoms with Crippen LogP contribution in [0.1, 0.15) is 12.8 Å². The molecular weight excluding hydrogens is 471 g/mol. The van der Waals surface area contributed by atoms with Crippen LogP contribution in [0.15, 0.2) is 65.8 Å². The van der Waals surface area contributed by atoms with Crippen LogP contribution in [-0.4, -0.2) is 33.0 Å². The molecule has 0 saturated carbocycles. The van der Waals surface area contributed by atoms with Crippen molar-refractivity contribution in [2.75, 3.05) is 17.2 Å². The van der Waals surface area contributed by atoms with E-state index < -0.39 is 0 Å². The van der Waals surface area contributed by atoms with E-state index in [1.54, 1.807) is 22.9 Å². The molecule has 31 heavy (non-hydrogen) atoms. The Kier molecular flexibility index (Phi) is 7.50. The largest absolute Gasteiger partial charge is 0.286 e. The maximum atomic E-state index is 13.1. The van der Waals surface area contributed by atoms with E-state index in [0.29, 0.717) is 29.7 Å². The molecule has 0 spiro atoms. The third-order valence-electron chi connectivity index (χ3n) is 4.62. The van der Waals surface area contributed by atoms with Gasteiger partial charge in [0.05, 0.1) is 16.3 Å². The number of carbonyl (C=O) groups excluding carboxylic acids is 1. The molecule has 1 amide bonds. The quantitative estimate of drug-likeness (QED) is 0.201. The monoisotopic (exact) mass is 490 g/mol. The lowest BCUT2D eigenvalue weighted by atomic mass is 10.3. The van der Waals surface area contributed by atoms with Crippen molar-refractivity contribution in [2.45, 2.75) is 24.3 Å². The Hall–Kier alpha value is -2.06. The van der Waals surface area contributed by atoms with Crippen LogP contribution in [-0.2, 0) is 11.3 Å². The van der Waals surface area contributed by atoms with Crippen LogP contribution in [0.25, 0.3) is 10.2 Å². The summed E-state index contributed by atoms with van der Waals surface area (Å²) in [7, 11) is 0. The van der Waals surface area contributed by atoms with Gasteiger partial charge in [0.2, 0.25) is 5.91 Å². The van der Waals surface area contributed by atoms with Gasteiger partial charge in [-0.2, -0.15) is 5.10 Å². The number of hydrogen-bond donors (Lipinski definition) is 0. The molecule has 0 saturated heterocycles. The first-order chi connectivity index (χ1) is 15.1. The van der Waals surface area contributed by atoms with E-state index in [0.717, 1.165) is 32.3 Å². The predicted octanol–water partition coefficient (Wildman–Crippen LogP) is 6.41. The second-order valence-electron chi connectivity index (χ2n) is 6.80. The normalized spacial score (nSPS) is 11.2. The van der Waals surface area contributed by atoms with Crippen LogP contribution in [0.5, 0.6) is 0 Å². The highest BCUT2D eigenvalue weighted by molar-refractivity contribution is 7.99. The van der Waals surface area contributed by atoms with Crippen LogP contribution in [0.2, 0.25) is 10.0 Å². The molecule has 0 bridgehead atoms. The molecule has 0 aliphatic heterocycles. The Morgan fingerprint density at radius 3 is 2.71 bits per heavy atom. The molecule has 4 aromatic rings. The van der Waals surface area contributed by atoms with Crippen molar-refractivity contribution in [1.82, 2.24) is 14.8 Å². The molecule has 0 N–H and O–H groups in total. The van der Waals surface area contributed by atoms with Crippen LogP contribution >= 0.6 is 46.3 Å². The minimum Gasteiger partial charge on any atom is -0.286 e. The zero-order valence-corrected chi connectivity index (χ0v) is 19.7. The maximum absolute atomic E-state index is 13.1. The van der Waals surface area contributed by atoms with E-state index in [2.05, 4.69) is 10.1 Å². The minimum absolute atomic E-state index is 0.0547. The second-order valence-corrected chi connectivity index (χ2v) is 9.82. The van der Waals surface area contributed by atoms with Gasteiger partial charge in [-0.1, -0.05) is 40.6 Å². The lowest BCUT2D eigenvalue weighted by molar-refractivity contribution is -0.118. The molecule has 9 heteroatoms. The van der Waals surface area contributed by atoms with Gasteiger partial charge in [0, 0.05) is 35.3 Å². The van der Waals surface area contributed by atoms with Crippen LogP contribution < -0.4 is 4.90 Å².